The van der Waals surface area contributed by atoms with E-state index in [2.05, 4.69) is 21.2 Å². The van der Waals surface area contributed by atoms with Gasteiger partial charge < -0.3 is 9.88 Å². The Balaban J connectivity index is 2.23. The van der Waals surface area contributed by atoms with Crippen molar-refractivity contribution in [3.05, 3.63) is 62.7 Å². The first-order chi connectivity index (χ1) is 9.51. The first-order valence-electron chi connectivity index (χ1n) is 6.43. The molecule has 1 atom stereocenters. The van der Waals surface area contributed by atoms with Crippen molar-refractivity contribution in [1.29, 1.82) is 0 Å². The molecule has 1 aromatic heterocycles. The molecule has 0 saturated carbocycles. The summed E-state index contributed by atoms with van der Waals surface area (Å²) in [7, 11) is 0. The molecule has 20 heavy (non-hydrogen) atoms. The number of nitrogens with zero attached hydrogens (tertiary/aromatic N) is 1. The summed E-state index contributed by atoms with van der Waals surface area (Å²) in [6.07, 6.45) is 1.75. The normalized spacial score (nSPS) is 12.2. The molecule has 0 aliphatic heterocycles. The number of halogens is 2. The van der Waals surface area contributed by atoms with Crippen LogP contribution in [-0.2, 0) is 6.54 Å². The van der Waals surface area contributed by atoms with Crippen LogP contribution in [0, 0.1) is 5.82 Å². The Bertz CT molecular complexity index is 669. The van der Waals surface area contributed by atoms with E-state index >= 15 is 0 Å². The molecule has 0 bridgehead atoms. The van der Waals surface area contributed by atoms with E-state index in [1.807, 2.05) is 19.9 Å². The minimum absolute atomic E-state index is 0.0412. The highest BCUT2D eigenvalue weighted by Gasteiger charge is 2.11. The van der Waals surface area contributed by atoms with E-state index in [0.717, 1.165) is 5.69 Å². The maximum atomic E-state index is 13.9. The van der Waals surface area contributed by atoms with Crippen LogP contribution in [0.15, 0.2) is 45.8 Å². The zero-order chi connectivity index (χ0) is 14.7. The zero-order valence-electron chi connectivity index (χ0n) is 11.4. The predicted molar refractivity (Wildman–Crippen MR) is 82.5 cm³/mol. The van der Waals surface area contributed by atoms with Gasteiger partial charge in [-0.25, -0.2) is 4.39 Å². The average Bonchev–Trinajstić information content (AvgIpc) is 2.40. The van der Waals surface area contributed by atoms with Crippen molar-refractivity contribution >= 4 is 21.6 Å². The van der Waals surface area contributed by atoms with Crippen LogP contribution in [0.25, 0.3) is 0 Å². The lowest BCUT2D eigenvalue weighted by atomic mass is 10.1. The minimum atomic E-state index is -0.261. The van der Waals surface area contributed by atoms with Crippen LogP contribution in [0.1, 0.15) is 25.5 Å². The van der Waals surface area contributed by atoms with Gasteiger partial charge in [0.05, 0.1) is 11.7 Å². The molecule has 0 fully saturated rings. The third kappa shape index (κ3) is 3.28. The standard InChI is InChI=1S/C15H16BrFN2O/c1-3-19-9-12(5-7-15(19)20)18-10(2)13-6-4-11(16)8-14(13)17/h4-10,18H,3H2,1-2H3. The highest BCUT2D eigenvalue weighted by atomic mass is 79.9. The highest BCUT2D eigenvalue weighted by molar-refractivity contribution is 9.10. The summed E-state index contributed by atoms with van der Waals surface area (Å²) >= 11 is 3.24. The fourth-order valence-electron chi connectivity index (χ4n) is 2.04. The molecule has 2 rings (SSSR count). The van der Waals surface area contributed by atoms with E-state index < -0.39 is 0 Å². The highest BCUT2D eigenvalue weighted by Crippen LogP contribution is 2.23. The van der Waals surface area contributed by atoms with Gasteiger partial charge in [0.25, 0.3) is 5.56 Å². The monoisotopic (exact) mass is 338 g/mol. The fraction of sp³-hybridized carbons (Fsp3) is 0.267. The summed E-state index contributed by atoms with van der Waals surface area (Å²) in [4.78, 5) is 11.5. The first kappa shape index (κ1) is 14.8. The Morgan fingerprint density at radius 2 is 2.10 bits per heavy atom. The van der Waals surface area contributed by atoms with Crippen LogP contribution in [0.3, 0.4) is 0 Å². The number of rotatable bonds is 4. The van der Waals surface area contributed by atoms with Gasteiger partial charge in [-0.05, 0) is 32.0 Å². The van der Waals surface area contributed by atoms with E-state index in [9.17, 15) is 9.18 Å². The quantitative estimate of drug-likeness (QED) is 0.915. The van der Waals surface area contributed by atoms with Crippen LogP contribution < -0.4 is 10.9 Å². The van der Waals surface area contributed by atoms with Crippen molar-refractivity contribution in [3.63, 3.8) is 0 Å². The van der Waals surface area contributed by atoms with E-state index in [4.69, 9.17) is 0 Å². The van der Waals surface area contributed by atoms with E-state index in [-0.39, 0.29) is 17.4 Å². The molecule has 0 aliphatic carbocycles. The molecule has 1 N–H and O–H groups in total. The van der Waals surface area contributed by atoms with Gasteiger partial charge in [-0.3, -0.25) is 4.79 Å². The third-order valence-corrected chi connectivity index (χ3v) is 3.63. The van der Waals surface area contributed by atoms with Crippen LogP contribution in [0.2, 0.25) is 0 Å². The maximum Gasteiger partial charge on any atom is 0.250 e. The smallest absolute Gasteiger partial charge is 0.250 e. The molecule has 0 saturated heterocycles. The first-order valence-corrected chi connectivity index (χ1v) is 7.22. The third-order valence-electron chi connectivity index (χ3n) is 3.14. The summed E-state index contributed by atoms with van der Waals surface area (Å²) in [5, 5.41) is 3.21. The largest absolute Gasteiger partial charge is 0.377 e. The molecule has 0 aliphatic rings. The second kappa shape index (κ2) is 6.22. The van der Waals surface area contributed by atoms with E-state index in [1.54, 1.807) is 22.9 Å². The summed E-state index contributed by atoms with van der Waals surface area (Å²) in [5.41, 5.74) is 1.34. The number of anilines is 1. The molecule has 1 heterocycles. The van der Waals surface area contributed by atoms with Crippen LogP contribution in [-0.4, -0.2) is 4.57 Å². The van der Waals surface area contributed by atoms with E-state index in [0.29, 0.717) is 16.6 Å². The summed E-state index contributed by atoms with van der Waals surface area (Å²) in [6, 6.07) is 8.03. The topological polar surface area (TPSA) is 34.0 Å². The van der Waals surface area contributed by atoms with E-state index in [1.165, 1.54) is 12.1 Å². The number of pyridine rings is 1. The van der Waals surface area contributed by atoms with Crippen molar-refractivity contribution in [2.45, 2.75) is 26.4 Å². The molecular weight excluding hydrogens is 323 g/mol. The Morgan fingerprint density at radius 1 is 1.35 bits per heavy atom. The summed E-state index contributed by atoms with van der Waals surface area (Å²) in [6.45, 7) is 4.39. The van der Waals surface area contributed by atoms with Gasteiger partial charge in [0.2, 0.25) is 0 Å². The number of benzene rings is 1. The lowest BCUT2D eigenvalue weighted by molar-refractivity contribution is 0.599. The SMILES string of the molecule is CCn1cc(NC(C)c2ccc(Br)cc2F)ccc1=O. The second-order valence-corrected chi connectivity index (χ2v) is 5.49. The van der Waals surface area contributed by atoms with Gasteiger partial charge in [0.15, 0.2) is 0 Å². The minimum Gasteiger partial charge on any atom is -0.377 e. The Kier molecular flexibility index (Phi) is 4.60. The number of hydrogen-bond donors (Lipinski definition) is 1. The number of aromatic nitrogens is 1. The van der Waals surface area contributed by atoms with Gasteiger partial charge in [-0.1, -0.05) is 22.0 Å². The molecular formula is C15H16BrFN2O. The average molecular weight is 339 g/mol. The van der Waals surface area contributed by atoms with Gasteiger partial charge in [0, 0.05) is 28.8 Å². The lowest BCUT2D eigenvalue weighted by Crippen LogP contribution is -2.18. The van der Waals surface area contributed by atoms with Gasteiger partial charge >= 0.3 is 0 Å². The molecule has 106 valence electrons. The second-order valence-electron chi connectivity index (χ2n) is 4.57. The summed E-state index contributed by atoms with van der Waals surface area (Å²) < 4.78 is 16.2. The molecule has 2 aromatic rings. The van der Waals surface area contributed by atoms with Crippen LogP contribution in [0.5, 0.6) is 0 Å². The Hall–Kier alpha value is -1.62. The van der Waals surface area contributed by atoms with Gasteiger partial charge in [-0.15, -0.1) is 0 Å². The molecule has 5 heteroatoms. The van der Waals surface area contributed by atoms with Crippen molar-refractivity contribution in [1.82, 2.24) is 4.57 Å². The molecule has 0 spiro atoms. The molecule has 1 aromatic carbocycles. The maximum absolute atomic E-state index is 13.9. The van der Waals surface area contributed by atoms with Gasteiger partial charge in [-0.2, -0.15) is 0 Å². The number of nitrogens with one attached hydrogen (secondary N) is 1. The summed E-state index contributed by atoms with van der Waals surface area (Å²) in [5.74, 6) is -0.261. The molecule has 0 amide bonds. The fourth-order valence-corrected chi connectivity index (χ4v) is 2.38. The zero-order valence-corrected chi connectivity index (χ0v) is 12.9. The molecule has 3 nitrogen and oxygen atoms in total. The Morgan fingerprint density at radius 3 is 2.75 bits per heavy atom. The van der Waals surface area contributed by atoms with Crippen molar-refractivity contribution in [3.8, 4) is 0 Å². The van der Waals surface area contributed by atoms with Crippen molar-refractivity contribution in [2.24, 2.45) is 0 Å². The van der Waals surface area contributed by atoms with Crippen LogP contribution in [0.4, 0.5) is 10.1 Å². The predicted octanol–water partition coefficient (Wildman–Crippen LogP) is 3.94. The van der Waals surface area contributed by atoms with Crippen molar-refractivity contribution in [2.75, 3.05) is 5.32 Å². The van der Waals surface area contributed by atoms with Crippen molar-refractivity contribution < 1.29 is 4.39 Å². The Labute approximate surface area is 125 Å². The van der Waals surface area contributed by atoms with Crippen LogP contribution >= 0.6 is 15.9 Å². The van der Waals surface area contributed by atoms with Gasteiger partial charge in [0.1, 0.15) is 5.82 Å². The lowest BCUT2D eigenvalue weighted by Gasteiger charge is -2.17. The molecule has 1 unspecified atom stereocenters. The molecule has 0 radical (unpaired) electrons. The number of aryl methyl sites for hydroxylation is 1. The number of hydrogen-bond acceptors (Lipinski definition) is 2.